The van der Waals surface area contributed by atoms with Crippen molar-refractivity contribution in [2.75, 3.05) is 18.0 Å². The first kappa shape index (κ1) is 32.2. The molecule has 0 bridgehead atoms. The lowest BCUT2D eigenvalue weighted by atomic mass is 10.1. The highest BCUT2D eigenvalue weighted by Crippen LogP contribution is 2.27. The van der Waals surface area contributed by atoms with E-state index >= 15 is 0 Å². The maximum atomic E-state index is 14.0. The van der Waals surface area contributed by atoms with Crippen molar-refractivity contribution in [3.63, 3.8) is 0 Å². The Morgan fingerprint density at radius 2 is 1.59 bits per heavy atom. The van der Waals surface area contributed by atoms with Gasteiger partial charge in [-0.25, -0.2) is 8.42 Å². The van der Waals surface area contributed by atoms with Gasteiger partial charge in [-0.1, -0.05) is 53.9 Å². The Bertz CT molecular complexity index is 1460. The quantitative estimate of drug-likeness (QED) is 0.275. The molecule has 0 radical (unpaired) electrons. The molecule has 0 saturated heterocycles. The third-order valence-electron chi connectivity index (χ3n) is 6.75. The maximum Gasteiger partial charge on any atom is 0.264 e. The van der Waals surface area contributed by atoms with Crippen molar-refractivity contribution in [3.05, 3.63) is 87.9 Å². The fraction of sp³-hybridized carbons (Fsp3) is 0.333. The number of halogens is 2. The number of carbonyl (C=O) groups excluding carboxylic acids is 2. The van der Waals surface area contributed by atoms with Gasteiger partial charge in [0, 0.05) is 12.6 Å². The average Bonchev–Trinajstić information content (AvgIpc) is 2.96. The molecule has 2 atom stereocenters. The van der Waals surface area contributed by atoms with Gasteiger partial charge in [-0.2, -0.15) is 0 Å². The van der Waals surface area contributed by atoms with Crippen molar-refractivity contribution in [2.24, 2.45) is 0 Å². The summed E-state index contributed by atoms with van der Waals surface area (Å²) < 4.78 is 34.0. The highest BCUT2D eigenvalue weighted by Gasteiger charge is 2.33. The van der Waals surface area contributed by atoms with Gasteiger partial charge in [0.25, 0.3) is 10.0 Å². The van der Waals surface area contributed by atoms with Crippen molar-refractivity contribution >= 4 is 50.7 Å². The molecule has 3 aromatic carbocycles. The molecule has 0 spiro atoms. The summed E-state index contributed by atoms with van der Waals surface area (Å²) in [6.07, 6.45) is 0.709. The largest absolute Gasteiger partial charge is 0.497 e. The second-order valence-corrected chi connectivity index (χ2v) is 12.5. The molecule has 220 valence electrons. The van der Waals surface area contributed by atoms with Gasteiger partial charge in [0.05, 0.1) is 27.7 Å². The minimum atomic E-state index is -4.18. The van der Waals surface area contributed by atoms with Crippen LogP contribution >= 0.6 is 23.2 Å². The number of nitrogens with one attached hydrogen (secondary N) is 1. The first-order valence-electron chi connectivity index (χ1n) is 13.1. The number of rotatable bonds is 12. The Labute approximate surface area is 252 Å². The fourth-order valence-electron chi connectivity index (χ4n) is 4.00. The number of anilines is 1. The van der Waals surface area contributed by atoms with E-state index in [9.17, 15) is 18.0 Å². The smallest absolute Gasteiger partial charge is 0.264 e. The molecule has 8 nitrogen and oxygen atoms in total. The molecule has 3 aromatic rings. The second-order valence-electron chi connectivity index (χ2n) is 9.79. The zero-order chi connectivity index (χ0) is 30.3. The number of hydrogen-bond acceptors (Lipinski definition) is 5. The number of ether oxygens (including phenoxy) is 1. The van der Waals surface area contributed by atoms with Crippen LogP contribution in [0, 0.1) is 6.92 Å². The molecule has 41 heavy (non-hydrogen) atoms. The van der Waals surface area contributed by atoms with Gasteiger partial charge in [-0.3, -0.25) is 13.9 Å². The number of aryl methyl sites for hydroxylation is 1. The minimum absolute atomic E-state index is 0.00901. The van der Waals surface area contributed by atoms with E-state index in [1.165, 1.54) is 24.1 Å². The number of benzene rings is 3. The van der Waals surface area contributed by atoms with Gasteiger partial charge < -0.3 is 15.0 Å². The van der Waals surface area contributed by atoms with Crippen molar-refractivity contribution in [2.45, 2.75) is 57.6 Å². The summed E-state index contributed by atoms with van der Waals surface area (Å²) in [6, 6.07) is 16.7. The number of nitrogens with zero attached hydrogens (tertiary/aromatic N) is 2. The third-order valence-corrected chi connectivity index (χ3v) is 9.28. The molecule has 0 heterocycles. The normalized spacial score (nSPS) is 12.8. The van der Waals surface area contributed by atoms with E-state index in [1.807, 2.05) is 20.8 Å². The molecular formula is C30H35Cl2N3O5S. The van der Waals surface area contributed by atoms with Crippen LogP contribution in [0.4, 0.5) is 5.69 Å². The summed E-state index contributed by atoms with van der Waals surface area (Å²) in [5.41, 5.74) is 1.88. The molecule has 0 aliphatic carbocycles. The lowest BCUT2D eigenvalue weighted by molar-refractivity contribution is -0.139. The van der Waals surface area contributed by atoms with Crippen molar-refractivity contribution in [1.29, 1.82) is 0 Å². The number of sulfonamides is 1. The Morgan fingerprint density at radius 1 is 0.951 bits per heavy atom. The molecule has 1 N–H and O–H groups in total. The highest BCUT2D eigenvalue weighted by atomic mass is 35.5. The van der Waals surface area contributed by atoms with Crippen LogP contribution in [0.5, 0.6) is 5.75 Å². The fourth-order valence-corrected chi connectivity index (χ4v) is 5.73. The van der Waals surface area contributed by atoms with Crippen molar-refractivity contribution < 1.29 is 22.7 Å². The van der Waals surface area contributed by atoms with Crippen LogP contribution in [0.15, 0.2) is 71.6 Å². The molecule has 0 aromatic heterocycles. The zero-order valence-electron chi connectivity index (χ0n) is 23.7. The summed E-state index contributed by atoms with van der Waals surface area (Å²) in [6.45, 7) is 6.78. The lowest BCUT2D eigenvalue weighted by Crippen LogP contribution is -2.52. The van der Waals surface area contributed by atoms with Crippen molar-refractivity contribution in [1.82, 2.24) is 10.2 Å². The SMILES string of the molecule is CC[C@@H](C)NC(=O)[C@@H](C)N(Cc1ccc(Cl)c(Cl)c1)C(=O)CN(c1ccc(C)cc1)S(=O)(=O)c1ccc(OC)cc1. The predicted molar refractivity (Wildman–Crippen MR) is 163 cm³/mol. The minimum Gasteiger partial charge on any atom is -0.497 e. The summed E-state index contributed by atoms with van der Waals surface area (Å²) >= 11 is 12.3. The number of amides is 2. The molecule has 0 saturated carbocycles. The molecular weight excluding hydrogens is 585 g/mol. The highest BCUT2D eigenvalue weighted by molar-refractivity contribution is 7.92. The van der Waals surface area contributed by atoms with Crippen LogP contribution in [0.2, 0.25) is 10.0 Å². The monoisotopic (exact) mass is 619 g/mol. The van der Waals surface area contributed by atoms with Gasteiger partial charge in [0.15, 0.2) is 0 Å². The first-order chi connectivity index (χ1) is 19.4. The Morgan fingerprint density at radius 3 is 2.15 bits per heavy atom. The summed E-state index contributed by atoms with van der Waals surface area (Å²) in [7, 11) is -2.70. The van der Waals surface area contributed by atoms with E-state index in [0.29, 0.717) is 33.5 Å². The standard InChI is InChI=1S/C30H35Cl2N3O5S/c1-6-21(3)33-30(37)22(4)34(18-23-9-16-27(31)28(32)17-23)29(36)19-35(24-10-7-20(2)8-11-24)41(38,39)26-14-12-25(40-5)13-15-26/h7-17,21-22H,6,18-19H2,1-5H3,(H,33,37)/t21-,22-/m1/s1. The number of methoxy groups -OCH3 is 1. The molecule has 2 amide bonds. The topological polar surface area (TPSA) is 96.0 Å². The average molecular weight is 621 g/mol. The Hall–Kier alpha value is -3.27. The van der Waals surface area contributed by atoms with Crippen LogP contribution < -0.4 is 14.4 Å². The molecule has 0 aliphatic rings. The van der Waals surface area contributed by atoms with E-state index in [-0.39, 0.29) is 23.4 Å². The van der Waals surface area contributed by atoms with E-state index < -0.39 is 28.5 Å². The van der Waals surface area contributed by atoms with E-state index in [1.54, 1.807) is 61.5 Å². The van der Waals surface area contributed by atoms with E-state index in [0.717, 1.165) is 9.87 Å². The van der Waals surface area contributed by atoms with E-state index in [2.05, 4.69) is 5.32 Å². The van der Waals surface area contributed by atoms with Gasteiger partial charge in [-0.05, 0) is 81.3 Å². The summed E-state index contributed by atoms with van der Waals surface area (Å²) in [5.74, 6) is -0.427. The lowest BCUT2D eigenvalue weighted by Gasteiger charge is -2.32. The predicted octanol–water partition coefficient (Wildman–Crippen LogP) is 5.84. The van der Waals surface area contributed by atoms with Gasteiger partial charge >= 0.3 is 0 Å². The van der Waals surface area contributed by atoms with Crippen LogP contribution in [0.1, 0.15) is 38.3 Å². The molecule has 11 heteroatoms. The Kier molecular flexibility index (Phi) is 11.1. The van der Waals surface area contributed by atoms with Crippen LogP contribution in [0.25, 0.3) is 0 Å². The van der Waals surface area contributed by atoms with Crippen LogP contribution in [-0.4, -0.2) is 50.9 Å². The molecule has 0 aliphatic heterocycles. The Balaban J connectivity index is 2.03. The summed E-state index contributed by atoms with van der Waals surface area (Å²) in [4.78, 5) is 28.5. The van der Waals surface area contributed by atoms with Crippen LogP contribution in [-0.2, 0) is 26.2 Å². The van der Waals surface area contributed by atoms with Crippen molar-refractivity contribution in [3.8, 4) is 5.75 Å². The number of hydrogen-bond donors (Lipinski definition) is 1. The first-order valence-corrected chi connectivity index (χ1v) is 15.3. The second kappa shape index (κ2) is 14.1. The zero-order valence-corrected chi connectivity index (χ0v) is 26.1. The molecule has 3 rings (SSSR count). The molecule has 0 fully saturated rings. The summed E-state index contributed by atoms with van der Waals surface area (Å²) in [5, 5.41) is 3.56. The van der Waals surface area contributed by atoms with Gasteiger partial charge in [-0.15, -0.1) is 0 Å². The van der Waals surface area contributed by atoms with Crippen LogP contribution in [0.3, 0.4) is 0 Å². The maximum absolute atomic E-state index is 14.0. The van der Waals surface area contributed by atoms with E-state index in [4.69, 9.17) is 27.9 Å². The number of carbonyl (C=O) groups is 2. The third kappa shape index (κ3) is 8.15. The van der Waals surface area contributed by atoms with Gasteiger partial charge in [0.2, 0.25) is 11.8 Å². The molecule has 0 unspecified atom stereocenters. The van der Waals surface area contributed by atoms with Gasteiger partial charge in [0.1, 0.15) is 18.3 Å².